The number of rotatable bonds is 4. The van der Waals surface area contributed by atoms with Crippen LogP contribution in [0.25, 0.3) is 16.7 Å². The number of nitrogen functional groups attached to an aromatic ring is 1. The fourth-order valence-corrected chi connectivity index (χ4v) is 3.50. The second-order valence-corrected chi connectivity index (χ2v) is 7.54. The molecule has 0 aliphatic rings. The number of nitrogens with one attached hydrogen (secondary N) is 1. The minimum absolute atomic E-state index is 0.0987. The molecule has 0 fully saturated rings. The molecule has 0 radical (unpaired) electrons. The average Bonchev–Trinajstić information content (AvgIpc) is 2.73. The van der Waals surface area contributed by atoms with Gasteiger partial charge in [0.2, 0.25) is 11.5 Å². The summed E-state index contributed by atoms with van der Waals surface area (Å²) in [4.78, 5) is 34.8. The molecule has 4 rings (SSSR count). The van der Waals surface area contributed by atoms with Crippen LogP contribution in [0.4, 0.5) is 5.82 Å². The molecular weight excluding hydrogens is 380 g/mol. The molecule has 0 aromatic carbocycles. The number of hydrogen-bond acceptors (Lipinski definition) is 5. The van der Waals surface area contributed by atoms with Crippen molar-refractivity contribution in [2.45, 2.75) is 33.4 Å². The van der Waals surface area contributed by atoms with E-state index in [9.17, 15) is 9.59 Å². The Labute approximate surface area is 173 Å². The lowest BCUT2D eigenvalue weighted by atomic mass is 10.1. The van der Waals surface area contributed by atoms with E-state index in [1.165, 1.54) is 10.5 Å². The smallest absolute Gasteiger partial charge is 0.278 e. The number of fused-ring (bicyclic) bond motifs is 2. The first-order valence-electron chi connectivity index (χ1n) is 9.70. The number of nitrogens with two attached hydrogens (primary N) is 1. The SMILES string of the molecule is Cc1ccc2nc3c(cc(C(=O)NCc4cccnc4)c(N)[n+]3C(C)C)c(=O)n2c1. The van der Waals surface area contributed by atoms with Gasteiger partial charge in [0.15, 0.2) is 0 Å². The van der Waals surface area contributed by atoms with E-state index in [2.05, 4.69) is 15.3 Å². The molecule has 0 atom stereocenters. The highest BCUT2D eigenvalue weighted by Crippen LogP contribution is 2.17. The zero-order valence-electron chi connectivity index (χ0n) is 17.1. The molecule has 1 amide bonds. The molecule has 4 aromatic heterocycles. The van der Waals surface area contributed by atoms with Gasteiger partial charge in [0.1, 0.15) is 10.9 Å². The zero-order valence-corrected chi connectivity index (χ0v) is 17.1. The van der Waals surface area contributed by atoms with E-state index in [0.717, 1.165) is 11.1 Å². The maximum atomic E-state index is 13.2. The van der Waals surface area contributed by atoms with E-state index in [1.807, 2.05) is 32.9 Å². The van der Waals surface area contributed by atoms with Crippen molar-refractivity contribution in [3.63, 3.8) is 0 Å². The third-order valence-electron chi connectivity index (χ3n) is 4.97. The number of aromatic nitrogens is 4. The van der Waals surface area contributed by atoms with Crippen LogP contribution >= 0.6 is 0 Å². The normalized spacial score (nSPS) is 11.3. The van der Waals surface area contributed by atoms with Gasteiger partial charge in [-0.25, -0.2) is 4.57 Å². The van der Waals surface area contributed by atoms with Crippen LogP contribution in [0, 0.1) is 6.92 Å². The average molecular weight is 403 g/mol. The predicted octanol–water partition coefficient (Wildman–Crippen LogP) is 1.93. The highest BCUT2D eigenvalue weighted by molar-refractivity contribution is 6.00. The molecule has 0 saturated heterocycles. The number of hydrogen-bond donors (Lipinski definition) is 2. The van der Waals surface area contributed by atoms with Crippen LogP contribution in [0.5, 0.6) is 0 Å². The summed E-state index contributed by atoms with van der Waals surface area (Å²) in [5, 5.41) is 3.19. The van der Waals surface area contributed by atoms with Crippen molar-refractivity contribution >= 4 is 28.4 Å². The Kier molecular flexibility index (Phi) is 4.91. The third kappa shape index (κ3) is 3.36. The predicted molar refractivity (Wildman–Crippen MR) is 114 cm³/mol. The molecule has 0 saturated carbocycles. The number of amides is 1. The molecule has 8 nitrogen and oxygen atoms in total. The molecule has 152 valence electrons. The standard InChI is InChI=1S/C22H22N6O2/c1-13(2)28-19(23)16(21(29)25-11-15-5-4-8-24-10-15)9-17-20(28)26-18-7-6-14(3)12-27(18)22(17)30/h4-10,12-13,23H,11H2,1-3H3,(H,25,29)/p+1. The maximum Gasteiger partial charge on any atom is 0.278 e. The summed E-state index contributed by atoms with van der Waals surface area (Å²) in [5.74, 6) is -0.0917. The molecule has 0 aliphatic heterocycles. The fraction of sp³-hybridized carbons (Fsp3) is 0.227. The van der Waals surface area contributed by atoms with Gasteiger partial charge in [-0.15, -0.1) is 0 Å². The summed E-state index contributed by atoms with van der Waals surface area (Å²) in [5.41, 5.74) is 9.17. The molecule has 30 heavy (non-hydrogen) atoms. The van der Waals surface area contributed by atoms with Crippen molar-refractivity contribution in [1.82, 2.24) is 19.7 Å². The Hall–Kier alpha value is -3.81. The number of aryl methyl sites for hydroxylation is 1. The van der Waals surface area contributed by atoms with Gasteiger partial charge in [0, 0.05) is 25.1 Å². The van der Waals surface area contributed by atoms with Gasteiger partial charge < -0.3 is 11.1 Å². The van der Waals surface area contributed by atoms with Crippen LogP contribution in [0.2, 0.25) is 0 Å². The summed E-state index contributed by atoms with van der Waals surface area (Å²) in [6, 6.07) is 8.81. The molecule has 0 aliphatic carbocycles. The highest BCUT2D eigenvalue weighted by Gasteiger charge is 2.25. The minimum atomic E-state index is -0.360. The molecule has 0 spiro atoms. The summed E-state index contributed by atoms with van der Waals surface area (Å²) in [7, 11) is 0. The van der Waals surface area contributed by atoms with Crippen molar-refractivity contribution in [2.75, 3.05) is 5.73 Å². The Balaban J connectivity index is 1.88. The van der Waals surface area contributed by atoms with Gasteiger partial charge in [0.25, 0.3) is 17.1 Å². The van der Waals surface area contributed by atoms with Crippen molar-refractivity contribution in [3.05, 3.63) is 76.0 Å². The Morgan fingerprint density at radius 3 is 2.80 bits per heavy atom. The molecule has 3 N–H and O–H groups in total. The molecule has 0 unspecified atom stereocenters. The lowest BCUT2D eigenvalue weighted by molar-refractivity contribution is -0.679. The molecule has 4 heterocycles. The van der Waals surface area contributed by atoms with Crippen LogP contribution in [0.1, 0.15) is 41.4 Å². The Morgan fingerprint density at radius 2 is 2.10 bits per heavy atom. The van der Waals surface area contributed by atoms with Crippen molar-refractivity contribution in [1.29, 1.82) is 0 Å². The number of nitrogens with zero attached hydrogens (tertiary/aromatic N) is 4. The second-order valence-electron chi connectivity index (χ2n) is 7.54. The van der Waals surface area contributed by atoms with Gasteiger partial charge in [-0.05, 0) is 50.1 Å². The van der Waals surface area contributed by atoms with E-state index in [0.29, 0.717) is 23.2 Å². The van der Waals surface area contributed by atoms with Crippen molar-refractivity contribution < 1.29 is 9.36 Å². The van der Waals surface area contributed by atoms with Gasteiger partial charge in [-0.3, -0.25) is 19.0 Å². The summed E-state index contributed by atoms with van der Waals surface area (Å²) in [6.07, 6.45) is 5.09. The topological polar surface area (TPSA) is 106 Å². The van der Waals surface area contributed by atoms with Gasteiger partial charge >= 0.3 is 0 Å². The molecule has 4 aromatic rings. The van der Waals surface area contributed by atoms with Gasteiger partial charge in [-0.1, -0.05) is 17.1 Å². The lowest BCUT2D eigenvalue weighted by Crippen LogP contribution is -2.44. The van der Waals surface area contributed by atoms with E-state index < -0.39 is 0 Å². The number of pyridine rings is 3. The monoisotopic (exact) mass is 403 g/mol. The van der Waals surface area contributed by atoms with E-state index in [4.69, 9.17) is 5.73 Å². The quantitative estimate of drug-likeness (QED) is 0.400. The Bertz CT molecular complexity index is 1330. The zero-order chi connectivity index (χ0) is 21.4. The highest BCUT2D eigenvalue weighted by atomic mass is 16.1. The fourth-order valence-electron chi connectivity index (χ4n) is 3.50. The van der Waals surface area contributed by atoms with Gasteiger partial charge in [0.05, 0.1) is 6.04 Å². The van der Waals surface area contributed by atoms with Crippen LogP contribution in [0.3, 0.4) is 0 Å². The summed E-state index contributed by atoms with van der Waals surface area (Å²) < 4.78 is 3.23. The summed E-state index contributed by atoms with van der Waals surface area (Å²) >= 11 is 0. The van der Waals surface area contributed by atoms with Crippen LogP contribution < -0.4 is 21.2 Å². The lowest BCUT2D eigenvalue weighted by Gasteiger charge is -2.14. The number of carbonyl (C=O) groups excluding carboxylic acids is 1. The first-order chi connectivity index (χ1) is 14.4. The molecule has 0 bridgehead atoms. The van der Waals surface area contributed by atoms with Crippen LogP contribution in [-0.2, 0) is 6.54 Å². The molecule has 8 heteroatoms. The van der Waals surface area contributed by atoms with E-state index in [1.54, 1.807) is 35.3 Å². The maximum absolute atomic E-state index is 13.2. The van der Waals surface area contributed by atoms with Crippen molar-refractivity contribution in [3.8, 4) is 0 Å². The third-order valence-corrected chi connectivity index (χ3v) is 4.97. The molecular formula is C22H23N6O2+. The first-order valence-corrected chi connectivity index (χ1v) is 9.70. The minimum Gasteiger partial charge on any atom is -0.348 e. The number of anilines is 1. The largest absolute Gasteiger partial charge is 0.348 e. The summed E-state index contributed by atoms with van der Waals surface area (Å²) in [6.45, 7) is 6.09. The first kappa shape index (κ1) is 19.5. The van der Waals surface area contributed by atoms with Crippen molar-refractivity contribution in [2.24, 2.45) is 0 Å². The van der Waals surface area contributed by atoms with Crippen LogP contribution in [-0.4, -0.2) is 20.3 Å². The Morgan fingerprint density at radius 1 is 1.30 bits per heavy atom. The second kappa shape index (κ2) is 7.55. The van der Waals surface area contributed by atoms with E-state index in [-0.39, 0.29) is 28.9 Å². The van der Waals surface area contributed by atoms with Crippen LogP contribution in [0.15, 0.2) is 53.7 Å². The van der Waals surface area contributed by atoms with E-state index >= 15 is 0 Å². The number of carbonyl (C=O) groups is 1. The van der Waals surface area contributed by atoms with Gasteiger partial charge in [-0.2, -0.15) is 0 Å².